The van der Waals surface area contributed by atoms with Gasteiger partial charge in [0.15, 0.2) is 0 Å². The van der Waals surface area contributed by atoms with Gasteiger partial charge in [-0.3, -0.25) is 14.8 Å². The van der Waals surface area contributed by atoms with Crippen molar-refractivity contribution in [1.29, 1.82) is 0 Å². The van der Waals surface area contributed by atoms with E-state index >= 15 is 0 Å². The van der Waals surface area contributed by atoms with Gasteiger partial charge >= 0.3 is 0 Å². The average molecular weight is 262 g/mol. The van der Waals surface area contributed by atoms with Crippen LogP contribution in [-0.2, 0) is 4.79 Å². The lowest BCUT2D eigenvalue weighted by Crippen LogP contribution is -2.52. The van der Waals surface area contributed by atoms with Gasteiger partial charge < -0.3 is 5.32 Å². The zero-order valence-corrected chi connectivity index (χ0v) is 12.1. The van der Waals surface area contributed by atoms with Crippen LogP contribution in [0, 0.1) is 0 Å². The predicted molar refractivity (Wildman–Crippen MR) is 77.5 cm³/mol. The zero-order chi connectivity index (χ0) is 14.0. The standard InChI is InChI=1S/C14H22N4O/c1-5-14(3,4)18-12-7-6-11(9-16-18)17-10(2)8-15-13(12)19/h6-7,9,11-12H,5,8H2,1-4H3,(H,15,19). The second kappa shape index (κ2) is 5.15. The van der Waals surface area contributed by atoms with Crippen LogP contribution in [0.5, 0.6) is 0 Å². The van der Waals surface area contributed by atoms with E-state index in [4.69, 9.17) is 0 Å². The Kier molecular flexibility index (Phi) is 3.73. The average Bonchev–Trinajstić information content (AvgIpc) is 2.55. The van der Waals surface area contributed by atoms with Crippen molar-refractivity contribution in [2.75, 3.05) is 6.54 Å². The smallest absolute Gasteiger partial charge is 0.248 e. The van der Waals surface area contributed by atoms with Gasteiger partial charge in [0.25, 0.3) is 0 Å². The Hall–Kier alpha value is -1.65. The van der Waals surface area contributed by atoms with Crippen molar-refractivity contribution >= 4 is 17.8 Å². The molecule has 2 heterocycles. The molecule has 0 aromatic heterocycles. The van der Waals surface area contributed by atoms with Crippen LogP contribution in [0.25, 0.3) is 0 Å². The Labute approximate surface area is 114 Å². The van der Waals surface area contributed by atoms with Crippen LogP contribution in [-0.4, -0.2) is 47.0 Å². The maximum Gasteiger partial charge on any atom is 0.248 e. The van der Waals surface area contributed by atoms with E-state index in [1.165, 1.54) is 0 Å². The Balaban J connectivity index is 2.42. The number of hydrogen-bond donors (Lipinski definition) is 1. The Morgan fingerprint density at radius 2 is 2.21 bits per heavy atom. The zero-order valence-electron chi connectivity index (χ0n) is 12.1. The van der Waals surface area contributed by atoms with Crippen molar-refractivity contribution < 1.29 is 4.79 Å². The third-order valence-corrected chi connectivity index (χ3v) is 3.74. The quantitative estimate of drug-likeness (QED) is 0.764. The number of nitrogens with one attached hydrogen (secondary N) is 1. The summed E-state index contributed by atoms with van der Waals surface area (Å²) in [5, 5.41) is 9.32. The van der Waals surface area contributed by atoms with Gasteiger partial charge in [0.05, 0.1) is 18.3 Å². The summed E-state index contributed by atoms with van der Waals surface area (Å²) in [6, 6.07) is -0.440. The third kappa shape index (κ3) is 2.85. The van der Waals surface area contributed by atoms with E-state index < -0.39 is 0 Å². The first-order valence-electron chi connectivity index (χ1n) is 6.77. The number of nitrogens with zero attached hydrogens (tertiary/aromatic N) is 3. The molecule has 5 heteroatoms. The van der Waals surface area contributed by atoms with Crippen molar-refractivity contribution in [3.05, 3.63) is 12.2 Å². The number of aliphatic imine (C=N–C) groups is 1. The highest BCUT2D eigenvalue weighted by molar-refractivity contribution is 5.93. The molecule has 0 aliphatic carbocycles. The van der Waals surface area contributed by atoms with Gasteiger partial charge in [-0.1, -0.05) is 19.1 Å². The highest BCUT2D eigenvalue weighted by Gasteiger charge is 2.34. The van der Waals surface area contributed by atoms with Crippen LogP contribution < -0.4 is 5.32 Å². The highest BCUT2D eigenvalue weighted by atomic mass is 16.2. The van der Waals surface area contributed by atoms with Crippen molar-refractivity contribution in [1.82, 2.24) is 10.3 Å². The maximum atomic E-state index is 12.3. The molecule has 0 fully saturated rings. The van der Waals surface area contributed by atoms with Gasteiger partial charge in [0.1, 0.15) is 12.1 Å². The molecular formula is C14H22N4O. The molecule has 2 aliphatic rings. The van der Waals surface area contributed by atoms with Gasteiger partial charge in [-0.2, -0.15) is 5.10 Å². The molecule has 5 nitrogen and oxygen atoms in total. The summed E-state index contributed by atoms with van der Waals surface area (Å²) < 4.78 is 0. The van der Waals surface area contributed by atoms with E-state index in [0.717, 1.165) is 12.1 Å². The maximum absolute atomic E-state index is 12.3. The summed E-state index contributed by atoms with van der Waals surface area (Å²) in [4.78, 5) is 16.8. The van der Waals surface area contributed by atoms with Crippen molar-refractivity contribution in [2.45, 2.75) is 51.7 Å². The van der Waals surface area contributed by atoms with E-state index in [2.05, 4.69) is 36.2 Å². The summed E-state index contributed by atoms with van der Waals surface area (Å²) in [6.45, 7) is 8.72. The lowest BCUT2D eigenvalue weighted by atomic mass is 9.98. The van der Waals surface area contributed by atoms with Crippen molar-refractivity contribution in [3.63, 3.8) is 0 Å². The fourth-order valence-corrected chi connectivity index (χ4v) is 2.15. The molecule has 2 bridgehead atoms. The number of fused-ring (bicyclic) bond motifs is 2. The second-order valence-electron chi connectivity index (χ2n) is 5.68. The summed E-state index contributed by atoms with van der Waals surface area (Å²) in [6.07, 6.45) is 6.59. The lowest BCUT2D eigenvalue weighted by Gasteiger charge is -2.39. The number of carbonyl (C=O) groups excluding carboxylic acids is 1. The molecule has 0 aromatic carbocycles. The Morgan fingerprint density at radius 3 is 2.89 bits per heavy atom. The largest absolute Gasteiger partial charge is 0.349 e. The van der Waals surface area contributed by atoms with Crippen LogP contribution in [0.3, 0.4) is 0 Å². The van der Waals surface area contributed by atoms with Crippen LogP contribution in [0.4, 0.5) is 0 Å². The van der Waals surface area contributed by atoms with E-state index in [1.807, 2.05) is 30.3 Å². The van der Waals surface area contributed by atoms with Gasteiger partial charge in [-0.15, -0.1) is 0 Å². The monoisotopic (exact) mass is 262 g/mol. The molecule has 0 spiro atoms. The topological polar surface area (TPSA) is 57.1 Å². The van der Waals surface area contributed by atoms with E-state index in [0.29, 0.717) is 6.54 Å². The summed E-state index contributed by atoms with van der Waals surface area (Å²) in [5.41, 5.74) is 0.744. The molecular weight excluding hydrogens is 240 g/mol. The first-order chi connectivity index (χ1) is 8.94. The van der Waals surface area contributed by atoms with E-state index in [9.17, 15) is 4.79 Å². The van der Waals surface area contributed by atoms with E-state index in [-0.39, 0.29) is 23.5 Å². The predicted octanol–water partition coefficient (Wildman–Crippen LogP) is 1.36. The molecule has 1 N–H and O–H groups in total. The van der Waals surface area contributed by atoms with Gasteiger partial charge in [-0.05, 0) is 27.2 Å². The molecule has 19 heavy (non-hydrogen) atoms. The fourth-order valence-electron chi connectivity index (χ4n) is 2.15. The molecule has 2 rings (SSSR count). The molecule has 0 radical (unpaired) electrons. The summed E-state index contributed by atoms with van der Waals surface area (Å²) in [7, 11) is 0. The molecule has 0 saturated heterocycles. The SMILES string of the molecule is CCC(C)(C)N1N=CC2C=CC1C(=O)NCC(C)=N2. The van der Waals surface area contributed by atoms with Crippen LogP contribution in [0.2, 0.25) is 0 Å². The van der Waals surface area contributed by atoms with Crippen LogP contribution in [0.1, 0.15) is 34.1 Å². The van der Waals surface area contributed by atoms with Crippen LogP contribution in [0.15, 0.2) is 22.2 Å². The lowest BCUT2D eigenvalue weighted by molar-refractivity contribution is -0.126. The van der Waals surface area contributed by atoms with Gasteiger partial charge in [0, 0.05) is 5.71 Å². The molecule has 2 unspecified atom stereocenters. The van der Waals surface area contributed by atoms with Crippen molar-refractivity contribution in [2.24, 2.45) is 10.1 Å². The first kappa shape index (κ1) is 13.8. The summed E-state index contributed by atoms with van der Waals surface area (Å²) in [5.74, 6) is -0.0213. The highest BCUT2D eigenvalue weighted by Crippen LogP contribution is 2.24. The van der Waals surface area contributed by atoms with Gasteiger partial charge in [-0.25, -0.2) is 0 Å². The fraction of sp³-hybridized carbons (Fsp3) is 0.643. The normalized spacial score (nSPS) is 27.3. The van der Waals surface area contributed by atoms with Crippen LogP contribution >= 0.6 is 0 Å². The van der Waals surface area contributed by atoms with E-state index in [1.54, 1.807) is 0 Å². The van der Waals surface area contributed by atoms with Gasteiger partial charge in [0.2, 0.25) is 5.91 Å². The second-order valence-corrected chi connectivity index (χ2v) is 5.68. The molecule has 2 atom stereocenters. The minimum absolute atomic E-state index is 0.0213. The minimum atomic E-state index is -0.364. The number of hydrazone groups is 1. The first-order valence-corrected chi connectivity index (χ1v) is 6.77. The molecule has 1 amide bonds. The summed E-state index contributed by atoms with van der Waals surface area (Å²) >= 11 is 0. The molecule has 104 valence electrons. The molecule has 2 aliphatic heterocycles. The Bertz CT molecular complexity index is 450. The molecule has 0 saturated carbocycles. The minimum Gasteiger partial charge on any atom is -0.349 e. The molecule has 0 aromatic rings. The number of carbonyl (C=O) groups is 1. The Morgan fingerprint density at radius 1 is 1.47 bits per heavy atom. The third-order valence-electron chi connectivity index (χ3n) is 3.74. The number of rotatable bonds is 2. The number of amides is 1. The van der Waals surface area contributed by atoms with Crippen molar-refractivity contribution in [3.8, 4) is 0 Å². The number of hydrogen-bond acceptors (Lipinski definition) is 4.